The molecule has 2 heterocycles. The molecule has 1 aromatic heterocycles. The summed E-state index contributed by atoms with van der Waals surface area (Å²) in [6.07, 6.45) is 1.02. The number of ether oxygens (including phenoxy) is 1. The first kappa shape index (κ1) is 21.4. The van der Waals surface area contributed by atoms with Gasteiger partial charge in [-0.3, -0.25) is 9.89 Å². The van der Waals surface area contributed by atoms with Crippen molar-refractivity contribution in [1.82, 2.24) is 15.1 Å². The maximum Gasteiger partial charge on any atom is 0.273 e. The Bertz CT molecular complexity index is 1060. The smallest absolute Gasteiger partial charge is 0.273 e. The van der Waals surface area contributed by atoms with Crippen LogP contribution in [0.4, 0.5) is 0 Å². The molecule has 2 aromatic carbocycles. The molecule has 0 spiro atoms. The highest BCUT2D eigenvalue weighted by atomic mass is 35.5. The van der Waals surface area contributed by atoms with Gasteiger partial charge in [0, 0.05) is 22.2 Å². The van der Waals surface area contributed by atoms with Crippen molar-refractivity contribution in [2.75, 3.05) is 6.61 Å². The summed E-state index contributed by atoms with van der Waals surface area (Å²) in [4.78, 5) is 15.1. The van der Waals surface area contributed by atoms with Gasteiger partial charge in [-0.1, -0.05) is 49.7 Å². The van der Waals surface area contributed by atoms with Crippen molar-refractivity contribution in [2.45, 2.75) is 46.2 Å². The number of hydrogen-bond acceptors (Lipinski definition) is 3. The highest BCUT2D eigenvalue weighted by molar-refractivity contribution is 6.30. The molecule has 1 aliphatic heterocycles. The fraction of sp³-hybridized carbons (Fsp3) is 0.360. The van der Waals surface area contributed by atoms with Gasteiger partial charge < -0.3 is 9.64 Å². The fourth-order valence-electron chi connectivity index (χ4n) is 4.01. The zero-order valence-corrected chi connectivity index (χ0v) is 19.1. The van der Waals surface area contributed by atoms with Crippen LogP contribution >= 0.6 is 11.6 Å². The number of nitrogens with zero attached hydrogens (tertiary/aromatic N) is 2. The highest BCUT2D eigenvalue weighted by Crippen LogP contribution is 2.44. The third-order valence-corrected chi connectivity index (χ3v) is 5.89. The van der Waals surface area contributed by atoms with E-state index < -0.39 is 0 Å². The molecular weight excluding hydrogens is 410 g/mol. The SMILES string of the molecule is CC(C)CCOc1ccc(C2c3c(-c4ccc(Cl)cc4)n[nH]c3C(=O)N2C(C)C)cc1. The van der Waals surface area contributed by atoms with Gasteiger partial charge in [0.2, 0.25) is 0 Å². The largest absolute Gasteiger partial charge is 0.494 e. The second-order valence-corrected chi connectivity index (χ2v) is 9.11. The van der Waals surface area contributed by atoms with Gasteiger partial charge in [-0.2, -0.15) is 5.10 Å². The lowest BCUT2D eigenvalue weighted by atomic mass is 9.95. The molecule has 1 aliphatic rings. The molecule has 0 saturated heterocycles. The molecule has 0 aliphatic carbocycles. The zero-order valence-electron chi connectivity index (χ0n) is 18.4. The van der Waals surface area contributed by atoms with E-state index >= 15 is 0 Å². The van der Waals surface area contributed by atoms with Crippen molar-refractivity contribution >= 4 is 17.5 Å². The molecule has 1 unspecified atom stereocenters. The minimum Gasteiger partial charge on any atom is -0.494 e. The normalized spacial score (nSPS) is 15.8. The average molecular weight is 438 g/mol. The van der Waals surface area contributed by atoms with Crippen molar-refractivity contribution in [3.8, 4) is 17.0 Å². The van der Waals surface area contributed by atoms with Crippen molar-refractivity contribution in [2.24, 2.45) is 5.92 Å². The minimum atomic E-state index is -0.211. The van der Waals surface area contributed by atoms with Crippen LogP contribution in [0.1, 0.15) is 61.8 Å². The topological polar surface area (TPSA) is 58.2 Å². The average Bonchev–Trinajstić information content (AvgIpc) is 3.28. The van der Waals surface area contributed by atoms with E-state index in [0.717, 1.165) is 34.6 Å². The van der Waals surface area contributed by atoms with Gasteiger partial charge in [0.05, 0.1) is 18.3 Å². The number of fused-ring (bicyclic) bond motifs is 1. The Balaban J connectivity index is 1.71. The lowest BCUT2D eigenvalue weighted by Crippen LogP contribution is -2.35. The molecule has 0 bridgehead atoms. The maximum absolute atomic E-state index is 13.2. The number of H-pyrrole nitrogens is 1. The summed E-state index contributed by atoms with van der Waals surface area (Å²) in [5.74, 6) is 1.42. The molecule has 31 heavy (non-hydrogen) atoms. The van der Waals surface area contributed by atoms with Gasteiger partial charge in [-0.15, -0.1) is 0 Å². The molecule has 162 valence electrons. The first-order valence-electron chi connectivity index (χ1n) is 10.8. The molecule has 4 rings (SSSR count). The van der Waals surface area contributed by atoms with E-state index in [1.165, 1.54) is 0 Å². The summed E-state index contributed by atoms with van der Waals surface area (Å²) in [7, 11) is 0. The summed E-state index contributed by atoms with van der Waals surface area (Å²) < 4.78 is 5.88. The molecule has 1 amide bonds. The molecule has 6 heteroatoms. The van der Waals surface area contributed by atoms with Crippen LogP contribution in [-0.4, -0.2) is 33.7 Å². The fourth-order valence-corrected chi connectivity index (χ4v) is 4.14. The number of benzene rings is 2. The van der Waals surface area contributed by atoms with E-state index in [0.29, 0.717) is 23.2 Å². The molecule has 1 N–H and O–H groups in total. The predicted octanol–water partition coefficient (Wildman–Crippen LogP) is 6.11. The Morgan fingerprint density at radius 1 is 1.06 bits per heavy atom. The molecule has 0 radical (unpaired) electrons. The third-order valence-electron chi connectivity index (χ3n) is 5.64. The Kier molecular flexibility index (Phi) is 6.05. The van der Waals surface area contributed by atoms with Gasteiger partial charge in [0.1, 0.15) is 11.4 Å². The molecule has 3 aromatic rings. The highest BCUT2D eigenvalue weighted by Gasteiger charge is 2.43. The number of aromatic nitrogens is 2. The van der Waals surface area contributed by atoms with Gasteiger partial charge in [-0.25, -0.2) is 0 Å². The van der Waals surface area contributed by atoms with Gasteiger partial charge >= 0.3 is 0 Å². The second-order valence-electron chi connectivity index (χ2n) is 8.68. The Hall–Kier alpha value is -2.79. The molecule has 0 saturated carbocycles. The number of carbonyl (C=O) groups is 1. The van der Waals surface area contributed by atoms with Crippen molar-refractivity contribution < 1.29 is 9.53 Å². The number of carbonyl (C=O) groups excluding carboxylic acids is 1. The Morgan fingerprint density at radius 3 is 2.35 bits per heavy atom. The summed E-state index contributed by atoms with van der Waals surface area (Å²) in [6, 6.07) is 15.4. The van der Waals surface area contributed by atoms with Crippen LogP contribution in [-0.2, 0) is 0 Å². The lowest BCUT2D eigenvalue weighted by molar-refractivity contribution is 0.0688. The standard InChI is InChI=1S/C25H28ClN3O2/c1-15(2)13-14-31-20-11-7-18(8-12-20)24-21-22(17-5-9-19(26)10-6-17)27-28-23(21)25(30)29(24)16(3)4/h5-12,15-16,24H,13-14H2,1-4H3,(H,27,28). The van der Waals surface area contributed by atoms with E-state index in [2.05, 4.69) is 24.0 Å². The molecule has 5 nitrogen and oxygen atoms in total. The number of nitrogens with one attached hydrogen (secondary N) is 1. The van der Waals surface area contributed by atoms with Crippen molar-refractivity contribution in [1.29, 1.82) is 0 Å². The minimum absolute atomic E-state index is 0.0278. The van der Waals surface area contributed by atoms with E-state index in [9.17, 15) is 4.79 Å². The first-order valence-corrected chi connectivity index (χ1v) is 11.1. The molecule has 0 fully saturated rings. The quantitative estimate of drug-likeness (QED) is 0.485. The van der Waals surface area contributed by atoms with E-state index in [-0.39, 0.29) is 18.0 Å². The zero-order chi connectivity index (χ0) is 22.1. The number of aromatic amines is 1. The van der Waals surface area contributed by atoms with E-state index in [4.69, 9.17) is 16.3 Å². The summed E-state index contributed by atoms with van der Waals surface area (Å²) in [5, 5.41) is 8.14. The van der Waals surface area contributed by atoms with Crippen LogP contribution in [0, 0.1) is 5.92 Å². The van der Waals surface area contributed by atoms with Crippen LogP contribution in [0.5, 0.6) is 5.75 Å². The lowest BCUT2D eigenvalue weighted by Gasteiger charge is -2.30. The van der Waals surface area contributed by atoms with Gasteiger partial charge in [0.25, 0.3) is 5.91 Å². The van der Waals surface area contributed by atoms with E-state index in [1.807, 2.05) is 67.3 Å². The summed E-state index contributed by atoms with van der Waals surface area (Å²) >= 11 is 6.07. The van der Waals surface area contributed by atoms with Crippen LogP contribution in [0.25, 0.3) is 11.3 Å². The van der Waals surface area contributed by atoms with Crippen molar-refractivity contribution in [3.63, 3.8) is 0 Å². The Labute approximate surface area is 188 Å². The number of hydrogen-bond donors (Lipinski definition) is 1. The number of amides is 1. The van der Waals surface area contributed by atoms with Crippen molar-refractivity contribution in [3.05, 3.63) is 70.4 Å². The van der Waals surface area contributed by atoms with Gasteiger partial charge in [0.15, 0.2) is 0 Å². The Morgan fingerprint density at radius 2 is 1.74 bits per heavy atom. The van der Waals surface area contributed by atoms with Crippen LogP contribution in [0.3, 0.4) is 0 Å². The predicted molar refractivity (Wildman–Crippen MR) is 124 cm³/mol. The number of rotatable bonds is 7. The maximum atomic E-state index is 13.2. The number of halogens is 1. The second kappa shape index (κ2) is 8.75. The summed E-state index contributed by atoms with van der Waals surface area (Å²) in [5.41, 5.74) is 4.22. The first-order chi connectivity index (χ1) is 14.9. The molecule has 1 atom stereocenters. The van der Waals surface area contributed by atoms with Crippen LogP contribution in [0.2, 0.25) is 5.02 Å². The van der Waals surface area contributed by atoms with Crippen LogP contribution < -0.4 is 4.74 Å². The van der Waals surface area contributed by atoms with E-state index in [1.54, 1.807) is 0 Å². The van der Waals surface area contributed by atoms with Crippen LogP contribution in [0.15, 0.2) is 48.5 Å². The third kappa shape index (κ3) is 4.19. The van der Waals surface area contributed by atoms with Gasteiger partial charge in [-0.05, 0) is 56.0 Å². The molecular formula is C25H28ClN3O2. The summed E-state index contributed by atoms with van der Waals surface area (Å²) in [6.45, 7) is 9.14. The monoisotopic (exact) mass is 437 g/mol.